The van der Waals surface area contributed by atoms with Gasteiger partial charge in [-0.25, -0.2) is 19.3 Å². The van der Waals surface area contributed by atoms with Gasteiger partial charge in [0.25, 0.3) is 5.56 Å². The molecule has 156 valence electrons. The maximum atomic E-state index is 12.4. The average Bonchev–Trinajstić information content (AvgIpc) is 3.33. The zero-order chi connectivity index (χ0) is 20.3. The molecular formula is C20H25N9O. The third-order valence-corrected chi connectivity index (χ3v) is 5.86. The summed E-state index contributed by atoms with van der Waals surface area (Å²) in [5.74, 6) is 1.50. The lowest BCUT2D eigenvalue weighted by molar-refractivity contribution is 0.241. The molecule has 0 atom stereocenters. The van der Waals surface area contributed by atoms with Gasteiger partial charge in [0.15, 0.2) is 5.82 Å². The summed E-state index contributed by atoms with van der Waals surface area (Å²) in [6.45, 7) is 5.01. The molecule has 2 aliphatic rings. The minimum Gasteiger partial charge on any atom is -0.353 e. The van der Waals surface area contributed by atoms with E-state index in [0.717, 1.165) is 69.1 Å². The molecule has 1 aliphatic carbocycles. The Labute approximate surface area is 174 Å². The van der Waals surface area contributed by atoms with E-state index in [1.165, 1.54) is 12.7 Å². The molecule has 10 heteroatoms. The van der Waals surface area contributed by atoms with Gasteiger partial charge >= 0.3 is 0 Å². The summed E-state index contributed by atoms with van der Waals surface area (Å²) in [5.41, 5.74) is 2.27. The van der Waals surface area contributed by atoms with Crippen molar-refractivity contribution in [3.8, 4) is 5.82 Å². The van der Waals surface area contributed by atoms with Crippen LogP contribution in [0, 0.1) is 0 Å². The first-order valence-electron chi connectivity index (χ1n) is 10.5. The van der Waals surface area contributed by atoms with E-state index in [9.17, 15) is 4.79 Å². The van der Waals surface area contributed by atoms with Gasteiger partial charge in [-0.1, -0.05) is 0 Å². The highest BCUT2D eigenvalue weighted by Crippen LogP contribution is 2.17. The Hall–Kier alpha value is -3.14. The van der Waals surface area contributed by atoms with Gasteiger partial charge in [0.05, 0.1) is 24.6 Å². The second kappa shape index (κ2) is 8.31. The Morgan fingerprint density at radius 2 is 1.77 bits per heavy atom. The number of hydrogen-bond donors (Lipinski definition) is 0. The Balaban J connectivity index is 1.18. The molecule has 0 bridgehead atoms. The van der Waals surface area contributed by atoms with Gasteiger partial charge in [-0.05, 0) is 31.2 Å². The van der Waals surface area contributed by atoms with Gasteiger partial charge in [-0.3, -0.25) is 14.7 Å². The molecule has 0 radical (unpaired) electrons. The standard InChI is InChI=1S/C20H25N9O/c30-20-11-16-3-1-2-4-17(16)25-28(20)10-7-26-5-8-27(9-6-26)18-12-21-13-19(24-18)29-15-22-14-23-29/h11-15H,1-10H2. The summed E-state index contributed by atoms with van der Waals surface area (Å²) in [6.07, 6.45) is 10.9. The van der Waals surface area contributed by atoms with Crippen LogP contribution in [0.15, 0.2) is 35.9 Å². The highest BCUT2D eigenvalue weighted by molar-refractivity contribution is 5.39. The van der Waals surface area contributed by atoms with E-state index < -0.39 is 0 Å². The van der Waals surface area contributed by atoms with Crippen molar-refractivity contribution >= 4 is 5.82 Å². The van der Waals surface area contributed by atoms with E-state index in [2.05, 4.69) is 34.9 Å². The Morgan fingerprint density at radius 1 is 0.933 bits per heavy atom. The van der Waals surface area contributed by atoms with Gasteiger partial charge in [0.1, 0.15) is 18.5 Å². The zero-order valence-corrected chi connectivity index (χ0v) is 16.9. The van der Waals surface area contributed by atoms with Gasteiger partial charge < -0.3 is 4.90 Å². The van der Waals surface area contributed by atoms with E-state index in [1.807, 2.05) is 0 Å². The van der Waals surface area contributed by atoms with Crippen molar-refractivity contribution in [3.05, 3.63) is 52.7 Å². The fourth-order valence-corrected chi connectivity index (χ4v) is 4.13. The van der Waals surface area contributed by atoms with Crippen molar-refractivity contribution in [1.29, 1.82) is 0 Å². The predicted molar refractivity (Wildman–Crippen MR) is 111 cm³/mol. The lowest BCUT2D eigenvalue weighted by Crippen LogP contribution is -2.48. The number of rotatable bonds is 5. The Bertz CT molecular complexity index is 1050. The van der Waals surface area contributed by atoms with Crippen LogP contribution in [0.2, 0.25) is 0 Å². The summed E-state index contributed by atoms with van der Waals surface area (Å²) in [5, 5.41) is 8.74. The van der Waals surface area contributed by atoms with Crippen LogP contribution in [0.5, 0.6) is 0 Å². The minimum absolute atomic E-state index is 0.0227. The highest BCUT2D eigenvalue weighted by Gasteiger charge is 2.19. The second-order valence-corrected chi connectivity index (χ2v) is 7.79. The van der Waals surface area contributed by atoms with Crippen molar-refractivity contribution in [2.24, 2.45) is 0 Å². The van der Waals surface area contributed by atoms with Crippen molar-refractivity contribution in [3.63, 3.8) is 0 Å². The molecule has 10 nitrogen and oxygen atoms in total. The zero-order valence-electron chi connectivity index (χ0n) is 16.9. The summed E-state index contributed by atoms with van der Waals surface area (Å²) < 4.78 is 3.25. The molecule has 0 saturated carbocycles. The fraction of sp³-hybridized carbons (Fsp3) is 0.500. The van der Waals surface area contributed by atoms with Crippen molar-refractivity contribution in [2.45, 2.75) is 32.2 Å². The van der Waals surface area contributed by atoms with E-state index in [-0.39, 0.29) is 5.56 Å². The monoisotopic (exact) mass is 407 g/mol. The van der Waals surface area contributed by atoms with Crippen LogP contribution in [0.1, 0.15) is 24.1 Å². The topological polar surface area (TPSA) is 97.9 Å². The SMILES string of the molecule is O=c1cc2c(nn1CCN1CCN(c3cncc(-n4cncn4)n3)CC1)CCCC2. The molecule has 30 heavy (non-hydrogen) atoms. The molecule has 1 fully saturated rings. The first kappa shape index (κ1) is 18.9. The molecule has 4 heterocycles. The van der Waals surface area contributed by atoms with Crippen LogP contribution in [-0.2, 0) is 19.4 Å². The molecule has 0 N–H and O–H groups in total. The lowest BCUT2D eigenvalue weighted by atomic mass is 9.97. The number of nitrogens with zero attached hydrogens (tertiary/aromatic N) is 9. The van der Waals surface area contributed by atoms with Crippen LogP contribution in [0.4, 0.5) is 5.82 Å². The molecule has 5 rings (SSSR count). The maximum Gasteiger partial charge on any atom is 0.267 e. The molecule has 3 aromatic heterocycles. The number of aryl methyl sites for hydroxylation is 2. The van der Waals surface area contributed by atoms with Crippen LogP contribution in [-0.4, -0.2) is 72.1 Å². The van der Waals surface area contributed by atoms with Crippen molar-refractivity contribution in [2.75, 3.05) is 37.6 Å². The van der Waals surface area contributed by atoms with Gasteiger partial charge in [-0.2, -0.15) is 10.2 Å². The first-order valence-corrected chi connectivity index (χ1v) is 10.5. The second-order valence-electron chi connectivity index (χ2n) is 7.79. The molecule has 1 aliphatic heterocycles. The largest absolute Gasteiger partial charge is 0.353 e. The average molecular weight is 407 g/mol. The molecule has 3 aromatic rings. The van der Waals surface area contributed by atoms with E-state index in [4.69, 9.17) is 0 Å². The number of anilines is 1. The number of hydrogen-bond acceptors (Lipinski definition) is 8. The minimum atomic E-state index is 0.0227. The molecule has 0 aromatic carbocycles. The normalized spacial score (nSPS) is 17.1. The van der Waals surface area contributed by atoms with E-state index in [0.29, 0.717) is 12.4 Å². The van der Waals surface area contributed by atoms with Crippen LogP contribution >= 0.6 is 0 Å². The quantitative estimate of drug-likeness (QED) is 0.596. The molecule has 1 saturated heterocycles. The predicted octanol–water partition coefficient (Wildman–Crippen LogP) is 0.315. The highest BCUT2D eigenvalue weighted by atomic mass is 16.1. The first-order chi connectivity index (χ1) is 14.8. The molecular weight excluding hydrogens is 382 g/mol. The molecule has 0 unspecified atom stereocenters. The van der Waals surface area contributed by atoms with Crippen LogP contribution < -0.4 is 10.5 Å². The van der Waals surface area contributed by atoms with E-state index in [1.54, 1.807) is 34.2 Å². The van der Waals surface area contributed by atoms with Crippen LogP contribution in [0.3, 0.4) is 0 Å². The van der Waals surface area contributed by atoms with Crippen molar-refractivity contribution in [1.82, 2.24) is 39.4 Å². The van der Waals surface area contributed by atoms with E-state index >= 15 is 0 Å². The molecule has 0 amide bonds. The third kappa shape index (κ3) is 3.95. The van der Waals surface area contributed by atoms with Gasteiger partial charge in [0, 0.05) is 38.8 Å². The maximum absolute atomic E-state index is 12.4. The van der Waals surface area contributed by atoms with Gasteiger partial charge in [-0.15, -0.1) is 0 Å². The summed E-state index contributed by atoms with van der Waals surface area (Å²) in [4.78, 5) is 29.9. The number of piperazine rings is 1. The van der Waals surface area contributed by atoms with Crippen molar-refractivity contribution < 1.29 is 0 Å². The van der Waals surface area contributed by atoms with Crippen LogP contribution in [0.25, 0.3) is 5.82 Å². The summed E-state index contributed by atoms with van der Waals surface area (Å²) in [6, 6.07) is 1.79. The lowest BCUT2D eigenvalue weighted by Gasteiger charge is -2.35. The Morgan fingerprint density at radius 3 is 2.60 bits per heavy atom. The third-order valence-electron chi connectivity index (χ3n) is 5.86. The fourth-order valence-electron chi connectivity index (χ4n) is 4.13. The molecule has 0 spiro atoms. The summed E-state index contributed by atoms with van der Waals surface area (Å²) >= 11 is 0. The summed E-state index contributed by atoms with van der Waals surface area (Å²) in [7, 11) is 0. The Kier molecular flexibility index (Phi) is 5.22. The number of fused-ring (bicyclic) bond motifs is 1. The van der Waals surface area contributed by atoms with Gasteiger partial charge in [0.2, 0.25) is 0 Å². The smallest absolute Gasteiger partial charge is 0.267 e. The number of aromatic nitrogens is 7.